The van der Waals surface area contributed by atoms with Crippen molar-refractivity contribution in [1.29, 1.82) is 0 Å². The Bertz CT molecular complexity index is 951. The molecule has 1 rings (SSSR count). The number of nitrogens with one attached hydrogen (secondary N) is 2. The highest BCUT2D eigenvalue weighted by Gasteiger charge is 2.31. The van der Waals surface area contributed by atoms with Crippen LogP contribution in [0, 0.1) is 5.41 Å². The summed E-state index contributed by atoms with van der Waals surface area (Å²) in [6, 6.07) is -0.729. The molecular formula is C31H47ClN2O5. The van der Waals surface area contributed by atoms with Crippen LogP contribution in [0.2, 0.25) is 0 Å². The lowest BCUT2D eigenvalue weighted by Gasteiger charge is -2.29. The molecule has 1 aliphatic rings. The van der Waals surface area contributed by atoms with Crippen LogP contribution in [-0.2, 0) is 23.9 Å². The van der Waals surface area contributed by atoms with Crippen LogP contribution in [0.15, 0.2) is 71.5 Å². The summed E-state index contributed by atoms with van der Waals surface area (Å²) in [5.74, 6) is -0.979. The molecule has 3 unspecified atom stereocenters. The summed E-state index contributed by atoms with van der Waals surface area (Å²) in [5, 5.41) is 6.25. The SMILES string of the molecule is CC.COC(C/C=C\NC(=O)C(NC(=O)\C=C/C=C\C(C)=C\CC1CC=CC(=O)O1)C(C)(C)C)C/C=C(\C)Cl. The van der Waals surface area contributed by atoms with Crippen molar-refractivity contribution in [1.82, 2.24) is 10.6 Å². The van der Waals surface area contributed by atoms with E-state index in [1.807, 2.05) is 78.8 Å². The fourth-order valence-corrected chi connectivity index (χ4v) is 3.43. The van der Waals surface area contributed by atoms with Gasteiger partial charge in [-0.3, -0.25) is 9.59 Å². The average molecular weight is 563 g/mol. The van der Waals surface area contributed by atoms with Crippen molar-refractivity contribution in [2.75, 3.05) is 7.11 Å². The maximum atomic E-state index is 12.8. The second-order valence-electron chi connectivity index (χ2n) is 9.94. The number of halogens is 1. The highest BCUT2D eigenvalue weighted by atomic mass is 35.5. The zero-order chi connectivity index (χ0) is 29.8. The largest absolute Gasteiger partial charge is 0.459 e. The minimum Gasteiger partial charge on any atom is -0.459 e. The molecule has 8 heteroatoms. The van der Waals surface area contributed by atoms with Crippen molar-refractivity contribution < 1.29 is 23.9 Å². The van der Waals surface area contributed by atoms with Crippen molar-refractivity contribution in [3.63, 3.8) is 0 Å². The first-order valence-corrected chi connectivity index (χ1v) is 13.8. The predicted molar refractivity (Wildman–Crippen MR) is 160 cm³/mol. The van der Waals surface area contributed by atoms with E-state index in [1.165, 1.54) is 12.2 Å². The number of esters is 1. The maximum absolute atomic E-state index is 12.8. The predicted octanol–water partition coefficient (Wildman–Crippen LogP) is 6.43. The van der Waals surface area contributed by atoms with Crippen LogP contribution in [0.5, 0.6) is 0 Å². The fraction of sp³-hybridized carbons (Fsp3) is 0.516. The van der Waals surface area contributed by atoms with Gasteiger partial charge in [-0.25, -0.2) is 4.79 Å². The van der Waals surface area contributed by atoms with Gasteiger partial charge in [-0.15, -0.1) is 0 Å². The van der Waals surface area contributed by atoms with Crippen molar-refractivity contribution in [2.45, 2.75) is 92.4 Å². The molecule has 3 atom stereocenters. The topological polar surface area (TPSA) is 93.7 Å². The van der Waals surface area contributed by atoms with Crippen LogP contribution < -0.4 is 10.6 Å². The fourth-order valence-electron chi connectivity index (χ4n) is 3.34. The Labute approximate surface area is 240 Å². The number of amides is 2. The van der Waals surface area contributed by atoms with Crippen LogP contribution in [0.3, 0.4) is 0 Å². The molecule has 0 fully saturated rings. The summed E-state index contributed by atoms with van der Waals surface area (Å²) in [5.41, 5.74) is 0.491. The molecule has 0 aromatic heterocycles. The quantitative estimate of drug-likeness (QED) is 0.153. The molecule has 2 N–H and O–H groups in total. The summed E-state index contributed by atoms with van der Waals surface area (Å²) in [7, 11) is 1.63. The number of carbonyl (C=O) groups excluding carboxylic acids is 3. The van der Waals surface area contributed by atoms with E-state index in [2.05, 4.69) is 10.6 Å². The van der Waals surface area contributed by atoms with E-state index < -0.39 is 11.5 Å². The van der Waals surface area contributed by atoms with Crippen molar-refractivity contribution >= 4 is 29.4 Å². The van der Waals surface area contributed by atoms with Crippen molar-refractivity contribution in [2.24, 2.45) is 5.41 Å². The average Bonchev–Trinajstić information content (AvgIpc) is 2.88. The minimum atomic E-state index is -0.729. The molecule has 0 radical (unpaired) electrons. The van der Waals surface area contributed by atoms with Crippen molar-refractivity contribution in [3.8, 4) is 0 Å². The summed E-state index contributed by atoms with van der Waals surface area (Å²) >= 11 is 5.87. The van der Waals surface area contributed by atoms with Gasteiger partial charge in [0.05, 0.1) is 6.10 Å². The zero-order valence-corrected chi connectivity index (χ0v) is 25.5. The molecule has 0 aromatic carbocycles. The highest BCUT2D eigenvalue weighted by Crippen LogP contribution is 2.19. The van der Waals surface area contributed by atoms with Gasteiger partial charge >= 0.3 is 5.97 Å². The van der Waals surface area contributed by atoms with Crippen LogP contribution in [0.25, 0.3) is 0 Å². The van der Waals surface area contributed by atoms with Gasteiger partial charge in [0.25, 0.3) is 0 Å². The van der Waals surface area contributed by atoms with Gasteiger partial charge in [0.2, 0.25) is 11.8 Å². The van der Waals surface area contributed by atoms with E-state index in [0.717, 1.165) is 5.57 Å². The summed E-state index contributed by atoms with van der Waals surface area (Å²) in [6.45, 7) is 13.4. The molecule has 0 spiro atoms. The summed E-state index contributed by atoms with van der Waals surface area (Å²) < 4.78 is 10.6. The van der Waals surface area contributed by atoms with Gasteiger partial charge in [0.1, 0.15) is 12.1 Å². The Morgan fingerprint density at radius 2 is 1.82 bits per heavy atom. The molecule has 2 amide bonds. The van der Waals surface area contributed by atoms with Crippen LogP contribution >= 0.6 is 11.6 Å². The third kappa shape index (κ3) is 17.3. The molecule has 0 saturated carbocycles. The van der Waals surface area contributed by atoms with Gasteiger partial charge in [-0.2, -0.15) is 0 Å². The van der Waals surface area contributed by atoms with E-state index in [4.69, 9.17) is 21.1 Å². The Hall–Kier alpha value is -2.90. The Kier molecular flexibility index (Phi) is 18.6. The Morgan fingerprint density at radius 3 is 2.41 bits per heavy atom. The van der Waals surface area contributed by atoms with E-state index in [1.54, 1.807) is 25.5 Å². The number of ether oxygens (including phenoxy) is 2. The molecule has 39 heavy (non-hydrogen) atoms. The number of methoxy groups -OCH3 is 1. The number of allylic oxidation sites excluding steroid dienone is 5. The van der Waals surface area contributed by atoms with Gasteiger partial charge in [-0.1, -0.05) is 94.3 Å². The number of hydrogen-bond acceptors (Lipinski definition) is 5. The van der Waals surface area contributed by atoms with Gasteiger partial charge in [-0.05, 0) is 38.3 Å². The van der Waals surface area contributed by atoms with E-state index >= 15 is 0 Å². The lowest BCUT2D eigenvalue weighted by molar-refractivity contribution is -0.143. The minimum absolute atomic E-state index is 0.0430. The molecule has 0 bridgehead atoms. The molecular weight excluding hydrogens is 516 g/mol. The number of rotatable bonds is 13. The van der Waals surface area contributed by atoms with Gasteiger partial charge in [0.15, 0.2) is 0 Å². The third-order valence-corrected chi connectivity index (χ3v) is 5.66. The van der Waals surface area contributed by atoms with Gasteiger partial charge < -0.3 is 20.1 Å². The first-order chi connectivity index (χ1) is 18.4. The van der Waals surface area contributed by atoms with E-state index in [9.17, 15) is 14.4 Å². The lowest BCUT2D eigenvalue weighted by Crippen LogP contribution is -2.52. The smallest absolute Gasteiger partial charge is 0.330 e. The first-order valence-electron chi connectivity index (χ1n) is 13.4. The first kappa shape index (κ1) is 36.1. The van der Waals surface area contributed by atoms with E-state index in [0.29, 0.717) is 30.7 Å². The number of cyclic esters (lactones) is 1. The Balaban J connectivity index is 0.00000704. The monoisotopic (exact) mass is 562 g/mol. The Morgan fingerprint density at radius 1 is 1.15 bits per heavy atom. The lowest BCUT2D eigenvalue weighted by atomic mass is 9.86. The number of hydrogen-bond donors (Lipinski definition) is 2. The van der Waals surface area contributed by atoms with Gasteiger partial charge in [0, 0.05) is 37.1 Å². The second kappa shape index (κ2) is 20.1. The van der Waals surface area contributed by atoms with Crippen molar-refractivity contribution in [3.05, 3.63) is 71.5 Å². The van der Waals surface area contributed by atoms with Crippen LogP contribution in [0.4, 0.5) is 0 Å². The third-order valence-electron chi connectivity index (χ3n) is 5.51. The summed E-state index contributed by atoms with van der Waals surface area (Å²) in [4.78, 5) is 36.5. The molecule has 1 aliphatic heterocycles. The molecule has 0 aromatic rings. The van der Waals surface area contributed by atoms with E-state index in [-0.39, 0.29) is 30.0 Å². The second-order valence-corrected chi connectivity index (χ2v) is 10.5. The maximum Gasteiger partial charge on any atom is 0.330 e. The molecule has 1 heterocycles. The summed E-state index contributed by atoms with van der Waals surface area (Å²) in [6.07, 6.45) is 19.6. The number of carbonyl (C=O) groups is 3. The molecule has 7 nitrogen and oxygen atoms in total. The van der Waals surface area contributed by atoms with Crippen LogP contribution in [-0.4, -0.2) is 43.1 Å². The normalized spacial score (nSPS) is 18.1. The molecule has 0 aliphatic carbocycles. The van der Waals surface area contributed by atoms with Crippen LogP contribution in [0.1, 0.15) is 74.1 Å². The standard InChI is InChI=1S/C29H41ClN2O5.C2H6/c1-21(16-18-24-12-9-15-26(34)37-24)11-7-8-14-25(33)32-27(29(3,4)5)28(35)31-20-10-13-23(36-6)19-17-22(2)30;1-2/h7-11,14-17,20,23-24,27H,12-13,18-19H2,1-6H3,(H,31,35)(H,32,33);1-2H3/b11-7-,14-8-,20-10-,21-16+,22-17+;. The molecule has 0 saturated heterocycles. The molecule has 218 valence electrons. The highest BCUT2D eigenvalue weighted by molar-refractivity contribution is 6.29. The zero-order valence-electron chi connectivity index (χ0n) is 24.8.